The van der Waals surface area contributed by atoms with Crippen molar-refractivity contribution in [1.29, 1.82) is 0 Å². The van der Waals surface area contributed by atoms with Gasteiger partial charge in [0.05, 0.1) is 18.2 Å². The summed E-state index contributed by atoms with van der Waals surface area (Å²) in [6, 6.07) is 7.75. The minimum atomic E-state index is -0.214. The Morgan fingerprint density at radius 2 is 2.16 bits per heavy atom. The zero-order valence-electron chi connectivity index (χ0n) is 14.8. The molecule has 1 unspecified atom stereocenters. The van der Waals surface area contributed by atoms with Gasteiger partial charge in [-0.05, 0) is 50.7 Å². The molecule has 1 aliphatic carbocycles. The van der Waals surface area contributed by atoms with E-state index in [9.17, 15) is 9.59 Å². The van der Waals surface area contributed by atoms with Crippen molar-refractivity contribution < 1.29 is 14.3 Å². The fourth-order valence-corrected chi connectivity index (χ4v) is 3.75. The van der Waals surface area contributed by atoms with Crippen LogP contribution in [0.1, 0.15) is 44.6 Å². The summed E-state index contributed by atoms with van der Waals surface area (Å²) in [6.07, 6.45) is 4.92. The van der Waals surface area contributed by atoms with Gasteiger partial charge in [-0.3, -0.25) is 4.79 Å². The standard InChI is InChI=1S/C19H27N3O3/c1-2-25-15-7-4-3-6-14(15)10-13-20-18(24)21-16-8-9-17(23)22-19(16)11-5-12-19/h3-4,6-7,16H,2,5,8-13H2,1H3,(H,22,23)(H2,20,21,24). The third kappa shape index (κ3) is 4.06. The van der Waals surface area contributed by atoms with Crippen LogP contribution in [0.4, 0.5) is 4.79 Å². The van der Waals surface area contributed by atoms with E-state index in [1.54, 1.807) is 0 Å². The minimum Gasteiger partial charge on any atom is -0.494 e. The minimum absolute atomic E-state index is 0.0228. The first kappa shape index (κ1) is 17.6. The lowest BCUT2D eigenvalue weighted by atomic mass is 9.68. The van der Waals surface area contributed by atoms with Crippen molar-refractivity contribution in [3.63, 3.8) is 0 Å². The lowest BCUT2D eigenvalue weighted by Crippen LogP contribution is -2.69. The fraction of sp³-hybridized carbons (Fsp3) is 0.579. The molecule has 6 heteroatoms. The molecule has 136 valence electrons. The summed E-state index contributed by atoms with van der Waals surface area (Å²) in [4.78, 5) is 23.9. The molecule has 1 saturated carbocycles. The number of benzene rings is 1. The van der Waals surface area contributed by atoms with Crippen LogP contribution in [-0.4, -0.2) is 36.7 Å². The van der Waals surface area contributed by atoms with Gasteiger partial charge < -0.3 is 20.7 Å². The van der Waals surface area contributed by atoms with Gasteiger partial charge in [0.1, 0.15) is 5.75 Å². The molecule has 3 N–H and O–H groups in total. The second-order valence-corrected chi connectivity index (χ2v) is 6.84. The molecule has 1 aromatic carbocycles. The van der Waals surface area contributed by atoms with Gasteiger partial charge in [0, 0.05) is 13.0 Å². The van der Waals surface area contributed by atoms with Crippen LogP contribution in [0.3, 0.4) is 0 Å². The maximum Gasteiger partial charge on any atom is 0.315 e. The topological polar surface area (TPSA) is 79.5 Å². The number of ether oxygens (including phenoxy) is 1. The van der Waals surface area contributed by atoms with Crippen molar-refractivity contribution in [2.45, 2.75) is 57.0 Å². The second-order valence-electron chi connectivity index (χ2n) is 6.84. The summed E-state index contributed by atoms with van der Waals surface area (Å²) < 4.78 is 5.61. The molecule has 3 rings (SSSR count). The number of para-hydroxylation sites is 1. The van der Waals surface area contributed by atoms with Crippen molar-refractivity contribution in [2.24, 2.45) is 0 Å². The van der Waals surface area contributed by atoms with Crippen LogP contribution in [0.15, 0.2) is 24.3 Å². The first-order valence-electron chi connectivity index (χ1n) is 9.19. The lowest BCUT2D eigenvalue weighted by molar-refractivity contribution is -0.127. The van der Waals surface area contributed by atoms with Crippen molar-refractivity contribution >= 4 is 11.9 Å². The molecule has 1 saturated heterocycles. The highest BCUT2D eigenvalue weighted by molar-refractivity contribution is 5.79. The molecule has 2 aliphatic rings. The summed E-state index contributed by atoms with van der Waals surface area (Å²) >= 11 is 0. The lowest BCUT2D eigenvalue weighted by Gasteiger charge is -2.50. The van der Waals surface area contributed by atoms with E-state index in [2.05, 4.69) is 16.0 Å². The van der Waals surface area contributed by atoms with Gasteiger partial charge in [0.2, 0.25) is 5.91 Å². The summed E-state index contributed by atoms with van der Waals surface area (Å²) in [5, 5.41) is 9.08. The third-order valence-electron chi connectivity index (χ3n) is 5.22. The molecule has 0 bridgehead atoms. The highest BCUT2D eigenvalue weighted by atomic mass is 16.5. The summed E-state index contributed by atoms with van der Waals surface area (Å²) in [7, 11) is 0. The summed E-state index contributed by atoms with van der Waals surface area (Å²) in [6.45, 7) is 3.13. The van der Waals surface area contributed by atoms with E-state index in [4.69, 9.17) is 4.74 Å². The molecule has 1 aromatic rings. The maximum atomic E-state index is 12.3. The quantitative estimate of drug-likeness (QED) is 0.739. The van der Waals surface area contributed by atoms with E-state index in [1.165, 1.54) is 0 Å². The number of carbonyl (C=O) groups is 2. The average Bonchev–Trinajstić information content (AvgIpc) is 2.57. The van der Waals surface area contributed by atoms with Gasteiger partial charge in [-0.25, -0.2) is 4.79 Å². The first-order chi connectivity index (χ1) is 12.1. The predicted molar refractivity (Wildman–Crippen MR) is 95.6 cm³/mol. The van der Waals surface area contributed by atoms with E-state index in [-0.39, 0.29) is 23.5 Å². The Labute approximate surface area is 148 Å². The second kappa shape index (κ2) is 7.76. The van der Waals surface area contributed by atoms with E-state index < -0.39 is 0 Å². The fourth-order valence-electron chi connectivity index (χ4n) is 3.75. The molecular weight excluding hydrogens is 318 g/mol. The van der Waals surface area contributed by atoms with Crippen LogP contribution in [0.25, 0.3) is 0 Å². The SMILES string of the molecule is CCOc1ccccc1CCNC(=O)NC1CCC(=O)NC12CCC2. The third-order valence-corrected chi connectivity index (χ3v) is 5.22. The van der Waals surface area contributed by atoms with Gasteiger partial charge in [-0.2, -0.15) is 0 Å². The van der Waals surface area contributed by atoms with E-state index in [1.807, 2.05) is 31.2 Å². The number of piperidine rings is 1. The average molecular weight is 345 g/mol. The monoisotopic (exact) mass is 345 g/mol. The number of hydrogen-bond acceptors (Lipinski definition) is 3. The molecule has 3 amide bonds. The molecule has 1 heterocycles. The Kier molecular flexibility index (Phi) is 5.46. The molecule has 25 heavy (non-hydrogen) atoms. The number of nitrogens with one attached hydrogen (secondary N) is 3. The van der Waals surface area contributed by atoms with Gasteiger partial charge in [0.15, 0.2) is 0 Å². The van der Waals surface area contributed by atoms with Crippen LogP contribution < -0.4 is 20.7 Å². The first-order valence-corrected chi connectivity index (χ1v) is 9.19. The van der Waals surface area contributed by atoms with Crippen molar-refractivity contribution in [1.82, 2.24) is 16.0 Å². The zero-order valence-corrected chi connectivity index (χ0v) is 14.8. The predicted octanol–water partition coefficient (Wildman–Crippen LogP) is 2.13. The van der Waals surface area contributed by atoms with E-state index in [0.717, 1.165) is 37.0 Å². The number of urea groups is 1. The van der Waals surface area contributed by atoms with Crippen LogP contribution in [0.5, 0.6) is 5.75 Å². The Bertz CT molecular complexity index is 628. The summed E-state index contributed by atoms with van der Waals surface area (Å²) in [5.74, 6) is 0.973. The molecule has 0 radical (unpaired) electrons. The molecular formula is C19H27N3O3. The highest BCUT2D eigenvalue weighted by Gasteiger charge is 2.48. The highest BCUT2D eigenvalue weighted by Crippen LogP contribution is 2.38. The van der Waals surface area contributed by atoms with Crippen LogP contribution in [0.2, 0.25) is 0 Å². The number of hydrogen-bond donors (Lipinski definition) is 3. The van der Waals surface area contributed by atoms with Crippen LogP contribution >= 0.6 is 0 Å². The van der Waals surface area contributed by atoms with Crippen molar-refractivity contribution in [3.05, 3.63) is 29.8 Å². The largest absolute Gasteiger partial charge is 0.494 e. The number of carbonyl (C=O) groups excluding carboxylic acids is 2. The van der Waals surface area contributed by atoms with Crippen molar-refractivity contribution in [2.75, 3.05) is 13.2 Å². The van der Waals surface area contributed by atoms with Crippen molar-refractivity contribution in [3.8, 4) is 5.75 Å². The molecule has 1 atom stereocenters. The van der Waals surface area contributed by atoms with Gasteiger partial charge in [0.25, 0.3) is 0 Å². The molecule has 1 spiro atoms. The number of amides is 3. The molecule has 2 fully saturated rings. The Morgan fingerprint density at radius 1 is 1.36 bits per heavy atom. The Hall–Kier alpha value is -2.24. The van der Waals surface area contributed by atoms with Gasteiger partial charge in [-0.15, -0.1) is 0 Å². The molecule has 1 aliphatic heterocycles. The van der Waals surface area contributed by atoms with Gasteiger partial charge >= 0.3 is 6.03 Å². The normalized spacial score (nSPS) is 21.2. The molecule has 0 aromatic heterocycles. The zero-order chi connectivity index (χ0) is 17.7. The Balaban J connectivity index is 1.48. The van der Waals surface area contributed by atoms with Gasteiger partial charge in [-0.1, -0.05) is 18.2 Å². The Morgan fingerprint density at radius 3 is 2.88 bits per heavy atom. The summed E-state index contributed by atoms with van der Waals surface area (Å²) in [5.41, 5.74) is 0.874. The van der Waals surface area contributed by atoms with E-state index in [0.29, 0.717) is 26.0 Å². The van der Waals surface area contributed by atoms with Crippen LogP contribution in [-0.2, 0) is 11.2 Å². The maximum absolute atomic E-state index is 12.3. The number of rotatable bonds is 6. The molecule has 6 nitrogen and oxygen atoms in total. The van der Waals surface area contributed by atoms with E-state index >= 15 is 0 Å². The van der Waals surface area contributed by atoms with Crippen LogP contribution in [0, 0.1) is 0 Å². The smallest absolute Gasteiger partial charge is 0.315 e.